The quantitative estimate of drug-likeness (QED) is 0.380. The number of nitrogens with zero attached hydrogens (tertiary/aromatic N) is 3. The third-order valence-electron chi connectivity index (χ3n) is 5.06. The van der Waals surface area contributed by atoms with E-state index in [0.717, 1.165) is 0 Å². The van der Waals surface area contributed by atoms with Crippen molar-refractivity contribution in [2.45, 2.75) is 6.42 Å². The lowest BCUT2D eigenvalue weighted by molar-refractivity contribution is -0.125. The van der Waals surface area contributed by atoms with Crippen LogP contribution in [0, 0.1) is 5.82 Å². The summed E-state index contributed by atoms with van der Waals surface area (Å²) in [7, 11) is 3.08. The molecule has 0 aliphatic heterocycles. The van der Waals surface area contributed by atoms with E-state index in [4.69, 9.17) is 19.9 Å². The number of amides is 2. The van der Waals surface area contributed by atoms with Gasteiger partial charge in [-0.1, -0.05) is 0 Å². The fourth-order valence-electron chi connectivity index (χ4n) is 3.47. The molecule has 0 radical (unpaired) electrons. The van der Waals surface area contributed by atoms with Crippen LogP contribution in [0.3, 0.4) is 0 Å². The summed E-state index contributed by atoms with van der Waals surface area (Å²) in [5.74, 6) is -0.0457. The Balaban J connectivity index is 1.66. The molecule has 10 heteroatoms. The number of halogens is 1. The van der Waals surface area contributed by atoms with Crippen LogP contribution in [0.4, 0.5) is 15.8 Å². The monoisotopic (exact) mass is 476 g/mol. The van der Waals surface area contributed by atoms with Gasteiger partial charge in [-0.2, -0.15) is 0 Å². The minimum atomic E-state index is -0.786. The number of nitrogens with two attached hydrogens (primary N) is 1. The van der Waals surface area contributed by atoms with Crippen LogP contribution in [0.1, 0.15) is 6.42 Å². The Morgan fingerprint density at radius 3 is 2.23 bits per heavy atom. The van der Waals surface area contributed by atoms with Gasteiger partial charge in [0.1, 0.15) is 18.0 Å². The zero-order chi connectivity index (χ0) is 24.9. The Hall–Kier alpha value is -4.73. The van der Waals surface area contributed by atoms with E-state index >= 15 is 0 Å². The molecule has 35 heavy (non-hydrogen) atoms. The van der Waals surface area contributed by atoms with Crippen molar-refractivity contribution in [3.05, 3.63) is 72.8 Å². The number of carbonyl (C=O) groups is 2. The molecular weight excluding hydrogens is 455 g/mol. The van der Waals surface area contributed by atoms with E-state index in [-0.39, 0.29) is 5.88 Å². The Bertz CT molecular complexity index is 1380. The van der Waals surface area contributed by atoms with Gasteiger partial charge in [-0.25, -0.2) is 9.37 Å². The second-order valence-corrected chi connectivity index (χ2v) is 7.34. The zero-order valence-electron chi connectivity index (χ0n) is 18.9. The summed E-state index contributed by atoms with van der Waals surface area (Å²) in [4.78, 5) is 33.9. The van der Waals surface area contributed by atoms with Gasteiger partial charge in [-0.3, -0.25) is 19.5 Å². The number of pyridine rings is 2. The van der Waals surface area contributed by atoms with Crippen molar-refractivity contribution < 1.29 is 28.2 Å². The molecule has 0 aliphatic carbocycles. The molecule has 0 fully saturated rings. The van der Waals surface area contributed by atoms with Crippen LogP contribution in [0.15, 0.2) is 67.0 Å². The number of carbonyl (C=O) groups excluding carboxylic acids is 2. The van der Waals surface area contributed by atoms with Crippen molar-refractivity contribution in [3.63, 3.8) is 0 Å². The summed E-state index contributed by atoms with van der Waals surface area (Å²) in [6, 6.07) is 13.6. The Morgan fingerprint density at radius 2 is 1.60 bits per heavy atom. The van der Waals surface area contributed by atoms with Gasteiger partial charge in [-0.15, -0.1) is 0 Å². The number of anilines is 2. The molecule has 0 atom stereocenters. The molecule has 4 aromatic rings. The molecule has 0 unspecified atom stereocenters. The number of aromatic nitrogens is 2. The molecule has 2 heterocycles. The number of hydrogen-bond acceptors (Lipinski definition) is 7. The van der Waals surface area contributed by atoms with Crippen LogP contribution in [0.2, 0.25) is 0 Å². The molecule has 9 nitrogen and oxygen atoms in total. The van der Waals surface area contributed by atoms with Gasteiger partial charge in [0.2, 0.25) is 17.7 Å². The molecular formula is C25H21FN4O5. The molecule has 2 aromatic heterocycles. The van der Waals surface area contributed by atoms with Crippen molar-refractivity contribution in [3.8, 4) is 23.1 Å². The largest absolute Gasteiger partial charge is 0.493 e. The molecule has 4 rings (SSSR count). The van der Waals surface area contributed by atoms with Crippen LogP contribution in [-0.4, -0.2) is 36.0 Å². The third-order valence-corrected chi connectivity index (χ3v) is 5.06. The first-order chi connectivity index (χ1) is 16.9. The molecule has 0 saturated heterocycles. The standard InChI is InChI=1S/C25H21FN4O5/c1-33-21-11-18-19(12-22(21)34-2)28-10-9-20(18)35-24-8-7-17(14-29-24)30(25(32)13-23(27)31)16-5-3-15(26)4-6-16/h3-12,14H,13H2,1-2H3,(H2,27,31). The van der Waals surface area contributed by atoms with Crippen molar-refractivity contribution in [2.24, 2.45) is 5.73 Å². The van der Waals surface area contributed by atoms with Gasteiger partial charge in [0.15, 0.2) is 11.5 Å². The summed E-state index contributed by atoms with van der Waals surface area (Å²) in [5, 5.41) is 0.681. The van der Waals surface area contributed by atoms with Gasteiger partial charge in [0.25, 0.3) is 0 Å². The van der Waals surface area contributed by atoms with E-state index in [9.17, 15) is 14.0 Å². The highest BCUT2D eigenvalue weighted by molar-refractivity contribution is 6.08. The predicted octanol–water partition coefficient (Wildman–Crippen LogP) is 4.12. The van der Waals surface area contributed by atoms with Gasteiger partial charge >= 0.3 is 0 Å². The summed E-state index contributed by atoms with van der Waals surface area (Å²) >= 11 is 0. The Kier molecular flexibility index (Phi) is 6.72. The number of rotatable bonds is 8. The molecule has 2 amide bonds. The number of hydrogen-bond donors (Lipinski definition) is 1. The van der Waals surface area contributed by atoms with Crippen molar-refractivity contribution >= 4 is 34.1 Å². The van der Waals surface area contributed by atoms with Crippen molar-refractivity contribution in [1.29, 1.82) is 0 Å². The topological polar surface area (TPSA) is 117 Å². The highest BCUT2D eigenvalue weighted by Crippen LogP contribution is 2.37. The fraction of sp³-hybridized carbons (Fsp3) is 0.120. The van der Waals surface area contributed by atoms with Crippen LogP contribution < -0.4 is 24.8 Å². The SMILES string of the molecule is COc1cc2nccc(Oc3ccc(N(C(=O)CC(N)=O)c4ccc(F)cc4)cn3)c2cc1OC. The van der Waals surface area contributed by atoms with Crippen molar-refractivity contribution in [1.82, 2.24) is 9.97 Å². The van der Waals surface area contributed by atoms with Crippen LogP contribution in [-0.2, 0) is 9.59 Å². The summed E-state index contributed by atoms with van der Waals surface area (Å²) < 4.78 is 30.1. The van der Waals surface area contributed by atoms with E-state index in [1.54, 1.807) is 43.6 Å². The Morgan fingerprint density at radius 1 is 0.914 bits per heavy atom. The van der Waals surface area contributed by atoms with Gasteiger partial charge in [0, 0.05) is 29.4 Å². The average Bonchev–Trinajstić information content (AvgIpc) is 2.85. The minimum Gasteiger partial charge on any atom is -0.493 e. The highest BCUT2D eigenvalue weighted by atomic mass is 19.1. The molecule has 0 saturated carbocycles. The van der Waals surface area contributed by atoms with E-state index in [0.29, 0.717) is 39.5 Å². The van der Waals surface area contributed by atoms with Crippen LogP contribution >= 0.6 is 0 Å². The first-order valence-corrected chi connectivity index (χ1v) is 10.4. The maximum Gasteiger partial charge on any atom is 0.241 e. The average molecular weight is 476 g/mol. The first kappa shape index (κ1) is 23.4. The normalized spacial score (nSPS) is 10.6. The number of methoxy groups -OCH3 is 2. The molecule has 0 aliphatic rings. The van der Waals surface area contributed by atoms with Crippen molar-refractivity contribution in [2.75, 3.05) is 19.1 Å². The second kappa shape index (κ2) is 10.0. The second-order valence-electron chi connectivity index (χ2n) is 7.34. The predicted molar refractivity (Wildman–Crippen MR) is 127 cm³/mol. The summed E-state index contributed by atoms with van der Waals surface area (Å²) in [5.41, 5.74) is 6.54. The van der Waals surface area contributed by atoms with Gasteiger partial charge in [-0.05, 0) is 42.5 Å². The maximum absolute atomic E-state index is 13.4. The zero-order valence-corrected chi connectivity index (χ0v) is 18.9. The number of fused-ring (bicyclic) bond motifs is 1. The lowest BCUT2D eigenvalue weighted by atomic mass is 10.2. The molecule has 0 bridgehead atoms. The molecule has 178 valence electrons. The van der Waals surface area contributed by atoms with E-state index in [2.05, 4.69) is 9.97 Å². The summed E-state index contributed by atoms with van der Waals surface area (Å²) in [6.07, 6.45) is 2.48. The lowest BCUT2D eigenvalue weighted by Gasteiger charge is -2.22. The number of benzene rings is 2. The fourth-order valence-corrected chi connectivity index (χ4v) is 3.47. The Labute approximate surface area is 199 Å². The smallest absolute Gasteiger partial charge is 0.241 e. The molecule has 2 aromatic carbocycles. The molecule has 0 spiro atoms. The number of primary amides is 1. The van der Waals surface area contributed by atoms with Gasteiger partial charge < -0.3 is 19.9 Å². The first-order valence-electron chi connectivity index (χ1n) is 10.4. The van der Waals surface area contributed by atoms with Crippen LogP contribution in [0.5, 0.6) is 23.1 Å². The van der Waals surface area contributed by atoms with Gasteiger partial charge in [0.05, 0.1) is 31.6 Å². The highest BCUT2D eigenvalue weighted by Gasteiger charge is 2.21. The minimum absolute atomic E-state index is 0.248. The number of ether oxygens (including phenoxy) is 3. The maximum atomic E-state index is 13.4. The lowest BCUT2D eigenvalue weighted by Crippen LogP contribution is -2.30. The van der Waals surface area contributed by atoms with E-state index < -0.39 is 24.1 Å². The van der Waals surface area contributed by atoms with E-state index in [1.807, 2.05) is 0 Å². The van der Waals surface area contributed by atoms with Crippen LogP contribution in [0.25, 0.3) is 10.9 Å². The third kappa shape index (κ3) is 5.11. The molecule has 2 N–H and O–H groups in total. The summed E-state index contributed by atoms with van der Waals surface area (Å²) in [6.45, 7) is 0. The van der Waals surface area contributed by atoms with E-state index in [1.165, 1.54) is 42.5 Å².